The van der Waals surface area contributed by atoms with Gasteiger partial charge < -0.3 is 15.4 Å². The summed E-state index contributed by atoms with van der Waals surface area (Å²) in [5.74, 6) is 0.0479. The molecule has 1 aliphatic carbocycles. The zero-order chi connectivity index (χ0) is 18.9. The van der Waals surface area contributed by atoms with Crippen molar-refractivity contribution in [3.05, 3.63) is 70.8 Å². The van der Waals surface area contributed by atoms with Gasteiger partial charge in [-0.25, -0.2) is 0 Å². The molecule has 4 nitrogen and oxygen atoms in total. The van der Waals surface area contributed by atoms with Crippen LogP contribution >= 0.6 is 0 Å². The summed E-state index contributed by atoms with van der Waals surface area (Å²) < 4.78 is 6.02. The molecule has 2 N–H and O–H groups in total. The van der Waals surface area contributed by atoms with Gasteiger partial charge in [-0.15, -0.1) is 0 Å². The molecule has 1 amide bonds. The predicted molar refractivity (Wildman–Crippen MR) is 107 cm³/mol. The van der Waals surface area contributed by atoms with Crippen LogP contribution in [0.5, 0.6) is 0 Å². The SMILES string of the molecule is CO[C@H]1[C@H](NC(=O)Cc2ccc(C)cc2)c2ccccc2C12CCNCC2. The minimum Gasteiger partial charge on any atom is -0.378 e. The minimum absolute atomic E-state index is 0.0155. The molecule has 0 radical (unpaired) electrons. The van der Waals surface area contributed by atoms with E-state index in [9.17, 15) is 4.79 Å². The molecule has 2 atom stereocenters. The first-order valence-corrected chi connectivity index (χ1v) is 9.82. The molecule has 1 spiro atoms. The maximum absolute atomic E-state index is 12.8. The lowest BCUT2D eigenvalue weighted by molar-refractivity contribution is -0.122. The average Bonchev–Trinajstić information content (AvgIpc) is 2.93. The third-order valence-electron chi connectivity index (χ3n) is 6.23. The summed E-state index contributed by atoms with van der Waals surface area (Å²) in [5, 5.41) is 6.75. The molecule has 0 aromatic heterocycles. The number of amides is 1. The molecule has 1 aliphatic heterocycles. The van der Waals surface area contributed by atoms with Crippen LogP contribution in [0, 0.1) is 6.92 Å². The summed E-state index contributed by atoms with van der Waals surface area (Å²) in [4.78, 5) is 12.8. The molecule has 0 saturated carbocycles. The van der Waals surface area contributed by atoms with Crippen LogP contribution in [-0.4, -0.2) is 32.2 Å². The van der Waals surface area contributed by atoms with Crippen LogP contribution in [0.15, 0.2) is 48.5 Å². The molecule has 0 bridgehead atoms. The Morgan fingerprint density at radius 2 is 1.85 bits per heavy atom. The van der Waals surface area contributed by atoms with Crippen molar-refractivity contribution in [2.75, 3.05) is 20.2 Å². The van der Waals surface area contributed by atoms with Crippen molar-refractivity contribution >= 4 is 5.91 Å². The highest BCUT2D eigenvalue weighted by Crippen LogP contribution is 2.51. The largest absolute Gasteiger partial charge is 0.378 e. The number of methoxy groups -OCH3 is 1. The standard InChI is InChI=1S/C23H28N2O2/c1-16-7-9-17(10-8-16)15-20(26)25-21-18-5-3-4-6-19(18)23(22(21)27-2)11-13-24-14-12-23/h3-10,21-22,24H,11-15H2,1-2H3,(H,25,26)/t21-,22+/m1/s1. The van der Waals surface area contributed by atoms with Gasteiger partial charge in [-0.1, -0.05) is 54.1 Å². The summed E-state index contributed by atoms with van der Waals surface area (Å²) in [6, 6.07) is 16.6. The van der Waals surface area contributed by atoms with E-state index in [2.05, 4.69) is 54.0 Å². The lowest BCUT2D eigenvalue weighted by Crippen LogP contribution is -2.49. The summed E-state index contributed by atoms with van der Waals surface area (Å²) >= 11 is 0. The third-order valence-corrected chi connectivity index (χ3v) is 6.23. The van der Waals surface area contributed by atoms with Crippen LogP contribution in [0.25, 0.3) is 0 Å². The first kappa shape index (κ1) is 18.2. The molecule has 27 heavy (non-hydrogen) atoms. The van der Waals surface area contributed by atoms with Crippen molar-refractivity contribution in [1.29, 1.82) is 0 Å². The van der Waals surface area contributed by atoms with Crippen LogP contribution in [-0.2, 0) is 21.4 Å². The van der Waals surface area contributed by atoms with Gasteiger partial charge in [0.25, 0.3) is 0 Å². The molecule has 4 rings (SSSR count). The van der Waals surface area contributed by atoms with E-state index >= 15 is 0 Å². The van der Waals surface area contributed by atoms with Crippen LogP contribution in [0.2, 0.25) is 0 Å². The van der Waals surface area contributed by atoms with Gasteiger partial charge in [0.05, 0.1) is 18.6 Å². The second-order valence-electron chi connectivity index (χ2n) is 7.86. The van der Waals surface area contributed by atoms with Gasteiger partial charge in [0.2, 0.25) is 5.91 Å². The molecule has 142 valence electrons. The fourth-order valence-electron chi connectivity index (χ4n) is 4.91. The van der Waals surface area contributed by atoms with Crippen molar-refractivity contribution in [2.24, 2.45) is 0 Å². The van der Waals surface area contributed by atoms with Crippen molar-refractivity contribution in [3.8, 4) is 0 Å². The summed E-state index contributed by atoms with van der Waals surface area (Å²) in [5.41, 5.74) is 4.78. The Bertz CT molecular complexity index is 809. The van der Waals surface area contributed by atoms with Gasteiger partial charge in [-0.05, 0) is 49.5 Å². The first-order chi connectivity index (χ1) is 13.1. The lowest BCUT2D eigenvalue weighted by Gasteiger charge is -2.40. The number of nitrogens with one attached hydrogen (secondary N) is 2. The highest BCUT2D eigenvalue weighted by Gasteiger charge is 2.53. The van der Waals surface area contributed by atoms with E-state index in [4.69, 9.17) is 4.74 Å². The Morgan fingerprint density at radius 1 is 1.15 bits per heavy atom. The smallest absolute Gasteiger partial charge is 0.224 e. The van der Waals surface area contributed by atoms with Crippen LogP contribution in [0.4, 0.5) is 0 Å². The molecule has 1 saturated heterocycles. The molecule has 0 unspecified atom stereocenters. The number of benzene rings is 2. The van der Waals surface area contributed by atoms with E-state index in [0.717, 1.165) is 31.5 Å². The van der Waals surface area contributed by atoms with E-state index in [1.165, 1.54) is 16.7 Å². The highest BCUT2D eigenvalue weighted by molar-refractivity contribution is 5.79. The van der Waals surface area contributed by atoms with Crippen molar-refractivity contribution in [1.82, 2.24) is 10.6 Å². The number of piperidine rings is 1. The molecule has 2 aliphatic rings. The van der Waals surface area contributed by atoms with Gasteiger partial charge in [0.1, 0.15) is 0 Å². The quantitative estimate of drug-likeness (QED) is 0.877. The van der Waals surface area contributed by atoms with Crippen LogP contribution in [0.1, 0.15) is 41.1 Å². The molecule has 2 aromatic rings. The normalized spacial score (nSPS) is 23.2. The fourth-order valence-corrected chi connectivity index (χ4v) is 4.91. The Morgan fingerprint density at radius 3 is 2.56 bits per heavy atom. The Hall–Kier alpha value is -2.17. The molecular weight excluding hydrogens is 336 g/mol. The van der Waals surface area contributed by atoms with E-state index < -0.39 is 0 Å². The fraction of sp³-hybridized carbons (Fsp3) is 0.435. The maximum Gasteiger partial charge on any atom is 0.224 e. The minimum atomic E-state index is -0.0951. The third kappa shape index (κ3) is 3.28. The van der Waals surface area contributed by atoms with E-state index in [1.54, 1.807) is 7.11 Å². The number of hydrogen-bond donors (Lipinski definition) is 2. The Labute approximate surface area is 161 Å². The number of aryl methyl sites for hydroxylation is 1. The van der Waals surface area contributed by atoms with Crippen molar-refractivity contribution in [3.63, 3.8) is 0 Å². The Kier molecular flexibility index (Phi) is 5.02. The molecule has 1 fully saturated rings. The van der Waals surface area contributed by atoms with Crippen molar-refractivity contribution in [2.45, 2.75) is 43.7 Å². The second kappa shape index (κ2) is 7.45. The predicted octanol–water partition coefficient (Wildman–Crippen LogP) is 3.04. The number of carbonyl (C=O) groups excluding carboxylic acids is 1. The van der Waals surface area contributed by atoms with Crippen LogP contribution in [0.3, 0.4) is 0 Å². The first-order valence-electron chi connectivity index (χ1n) is 9.82. The lowest BCUT2D eigenvalue weighted by atomic mass is 9.72. The monoisotopic (exact) mass is 364 g/mol. The summed E-state index contributed by atoms with van der Waals surface area (Å²) in [6.07, 6.45) is 2.43. The van der Waals surface area contributed by atoms with Gasteiger partial charge in [0.15, 0.2) is 0 Å². The number of ether oxygens (including phenoxy) is 1. The average molecular weight is 364 g/mol. The second-order valence-corrected chi connectivity index (χ2v) is 7.86. The van der Waals surface area contributed by atoms with Gasteiger partial charge >= 0.3 is 0 Å². The molecule has 4 heteroatoms. The van der Waals surface area contributed by atoms with Gasteiger partial charge in [-0.2, -0.15) is 0 Å². The van der Waals surface area contributed by atoms with Gasteiger partial charge in [0, 0.05) is 12.5 Å². The zero-order valence-corrected chi connectivity index (χ0v) is 16.1. The molecular formula is C23H28N2O2. The van der Waals surface area contributed by atoms with Gasteiger partial charge in [-0.3, -0.25) is 4.79 Å². The number of fused-ring (bicyclic) bond motifs is 2. The topological polar surface area (TPSA) is 50.4 Å². The van der Waals surface area contributed by atoms with Crippen LogP contribution < -0.4 is 10.6 Å². The summed E-state index contributed by atoms with van der Waals surface area (Å²) in [6.45, 7) is 4.03. The Balaban J connectivity index is 1.59. The number of hydrogen-bond acceptors (Lipinski definition) is 3. The van der Waals surface area contributed by atoms with E-state index in [0.29, 0.717) is 6.42 Å². The zero-order valence-electron chi connectivity index (χ0n) is 16.1. The summed E-state index contributed by atoms with van der Waals surface area (Å²) in [7, 11) is 1.78. The van der Waals surface area contributed by atoms with Crippen molar-refractivity contribution < 1.29 is 9.53 Å². The number of rotatable bonds is 4. The van der Waals surface area contributed by atoms with E-state index in [-0.39, 0.29) is 23.5 Å². The molecule has 2 aromatic carbocycles. The number of carbonyl (C=O) groups is 1. The van der Waals surface area contributed by atoms with E-state index in [1.807, 2.05) is 12.1 Å². The molecule has 1 heterocycles. The highest BCUT2D eigenvalue weighted by atomic mass is 16.5. The maximum atomic E-state index is 12.8.